The minimum Gasteiger partial charge on any atom is -0.383 e. The Hall–Kier alpha value is -1.40. The number of hydrogen-bond acceptors (Lipinski definition) is 6. The second-order valence-electron chi connectivity index (χ2n) is 4.16. The molecule has 17 heavy (non-hydrogen) atoms. The average Bonchev–Trinajstić information content (AvgIpc) is 2.77. The van der Waals surface area contributed by atoms with Crippen molar-refractivity contribution in [2.45, 2.75) is 12.5 Å². The fourth-order valence-corrected chi connectivity index (χ4v) is 1.85. The summed E-state index contributed by atoms with van der Waals surface area (Å²) in [5.74, 6) is 1.58. The molecule has 1 aliphatic heterocycles. The van der Waals surface area contributed by atoms with Crippen molar-refractivity contribution in [1.82, 2.24) is 9.97 Å². The molecule has 1 atom stereocenters. The van der Waals surface area contributed by atoms with Gasteiger partial charge in [-0.2, -0.15) is 4.98 Å². The molecule has 1 unspecified atom stereocenters. The van der Waals surface area contributed by atoms with Crippen LogP contribution in [0.5, 0.6) is 0 Å². The molecule has 6 nitrogen and oxygen atoms in total. The van der Waals surface area contributed by atoms with Crippen LogP contribution in [0.25, 0.3) is 0 Å². The quantitative estimate of drug-likeness (QED) is 0.706. The van der Waals surface area contributed by atoms with Crippen LogP contribution in [0.1, 0.15) is 6.42 Å². The molecule has 2 heterocycles. The lowest BCUT2D eigenvalue weighted by atomic mass is 10.3. The van der Waals surface area contributed by atoms with E-state index in [9.17, 15) is 0 Å². The molecule has 0 aromatic carbocycles. The number of ether oxygens (including phenoxy) is 1. The van der Waals surface area contributed by atoms with Crippen LogP contribution in [0.15, 0.2) is 12.3 Å². The molecule has 0 bridgehead atoms. The molecule has 2 rings (SSSR count). The fraction of sp³-hybridized carbons (Fsp3) is 0.636. The average molecular weight is 237 g/mol. The Morgan fingerprint density at radius 3 is 3.24 bits per heavy atom. The number of nitrogens with zero attached hydrogens (tertiary/aromatic N) is 3. The van der Waals surface area contributed by atoms with Crippen molar-refractivity contribution in [3.8, 4) is 0 Å². The van der Waals surface area contributed by atoms with Crippen LogP contribution in [0.3, 0.4) is 0 Å². The Morgan fingerprint density at radius 2 is 2.53 bits per heavy atom. The number of hydrogen-bond donors (Lipinski definition) is 2. The van der Waals surface area contributed by atoms with Crippen molar-refractivity contribution < 1.29 is 4.74 Å². The summed E-state index contributed by atoms with van der Waals surface area (Å²) in [5.41, 5.74) is 5.87. The highest BCUT2D eigenvalue weighted by Crippen LogP contribution is 2.16. The van der Waals surface area contributed by atoms with E-state index in [-0.39, 0.29) is 6.04 Å². The number of aromatic nitrogens is 2. The predicted molar refractivity (Wildman–Crippen MR) is 67.2 cm³/mol. The van der Waals surface area contributed by atoms with Gasteiger partial charge in [-0.05, 0) is 12.5 Å². The first-order valence-corrected chi connectivity index (χ1v) is 5.86. The lowest BCUT2D eigenvalue weighted by Crippen LogP contribution is -2.27. The maximum absolute atomic E-state index is 5.87. The van der Waals surface area contributed by atoms with Crippen LogP contribution >= 0.6 is 0 Å². The van der Waals surface area contributed by atoms with Gasteiger partial charge in [0.15, 0.2) is 0 Å². The number of nitrogens with two attached hydrogens (primary N) is 1. The second-order valence-corrected chi connectivity index (χ2v) is 4.16. The van der Waals surface area contributed by atoms with Gasteiger partial charge >= 0.3 is 0 Å². The van der Waals surface area contributed by atoms with Crippen LogP contribution in [0.2, 0.25) is 0 Å². The Kier molecular flexibility index (Phi) is 4.11. The molecule has 0 spiro atoms. The van der Waals surface area contributed by atoms with Gasteiger partial charge < -0.3 is 20.7 Å². The van der Waals surface area contributed by atoms with E-state index in [4.69, 9.17) is 10.5 Å². The zero-order valence-electron chi connectivity index (χ0n) is 10.1. The summed E-state index contributed by atoms with van der Waals surface area (Å²) in [4.78, 5) is 10.8. The third kappa shape index (κ3) is 3.28. The lowest BCUT2D eigenvalue weighted by Gasteiger charge is -2.16. The molecule has 0 saturated carbocycles. The Balaban J connectivity index is 1.96. The zero-order chi connectivity index (χ0) is 12.1. The van der Waals surface area contributed by atoms with Crippen LogP contribution in [0.4, 0.5) is 11.8 Å². The number of rotatable bonds is 5. The molecule has 6 heteroatoms. The standard InChI is InChI=1S/C11H19N5O/c1-17-7-5-13-10-2-4-14-11(15-10)16-6-3-9(12)8-16/h2,4,9H,3,5-8,12H2,1H3,(H,13,14,15). The van der Waals surface area contributed by atoms with Gasteiger partial charge in [0, 0.05) is 39.0 Å². The minimum absolute atomic E-state index is 0.240. The van der Waals surface area contributed by atoms with Gasteiger partial charge in [0.1, 0.15) is 5.82 Å². The van der Waals surface area contributed by atoms with E-state index >= 15 is 0 Å². The maximum Gasteiger partial charge on any atom is 0.227 e. The van der Waals surface area contributed by atoms with Crippen LogP contribution in [0, 0.1) is 0 Å². The van der Waals surface area contributed by atoms with Crippen LogP contribution in [-0.4, -0.2) is 49.4 Å². The molecule has 1 aromatic rings. The van der Waals surface area contributed by atoms with Gasteiger partial charge in [-0.1, -0.05) is 0 Å². The number of anilines is 2. The highest BCUT2D eigenvalue weighted by molar-refractivity contribution is 5.42. The van der Waals surface area contributed by atoms with Gasteiger partial charge in [0.2, 0.25) is 5.95 Å². The monoisotopic (exact) mass is 237 g/mol. The molecule has 1 aliphatic rings. The Labute approximate surface area is 101 Å². The normalized spacial score (nSPS) is 19.6. The molecule has 1 fully saturated rings. The second kappa shape index (κ2) is 5.79. The van der Waals surface area contributed by atoms with Crippen molar-refractivity contribution in [3.63, 3.8) is 0 Å². The van der Waals surface area contributed by atoms with Crippen molar-refractivity contribution >= 4 is 11.8 Å². The van der Waals surface area contributed by atoms with E-state index in [0.29, 0.717) is 6.61 Å². The topological polar surface area (TPSA) is 76.3 Å². The van der Waals surface area contributed by atoms with Gasteiger partial charge in [-0.3, -0.25) is 0 Å². The van der Waals surface area contributed by atoms with E-state index < -0.39 is 0 Å². The smallest absolute Gasteiger partial charge is 0.227 e. The van der Waals surface area contributed by atoms with Gasteiger partial charge in [0.25, 0.3) is 0 Å². The Morgan fingerprint density at radius 1 is 1.65 bits per heavy atom. The summed E-state index contributed by atoms with van der Waals surface area (Å²) in [6.07, 6.45) is 2.77. The molecule has 94 valence electrons. The van der Waals surface area contributed by atoms with E-state index in [2.05, 4.69) is 20.2 Å². The molecule has 0 amide bonds. The van der Waals surface area contributed by atoms with Crippen molar-refractivity contribution in [3.05, 3.63) is 12.3 Å². The largest absolute Gasteiger partial charge is 0.383 e. The fourth-order valence-electron chi connectivity index (χ4n) is 1.85. The Bertz CT molecular complexity index is 359. The van der Waals surface area contributed by atoms with Crippen molar-refractivity contribution in [2.24, 2.45) is 5.73 Å². The van der Waals surface area contributed by atoms with Gasteiger partial charge in [-0.25, -0.2) is 4.98 Å². The first-order chi connectivity index (χ1) is 8.29. The van der Waals surface area contributed by atoms with Gasteiger partial charge in [0.05, 0.1) is 6.61 Å². The highest BCUT2D eigenvalue weighted by Gasteiger charge is 2.21. The molecular formula is C11H19N5O. The summed E-state index contributed by atoms with van der Waals surface area (Å²) < 4.78 is 4.97. The van der Waals surface area contributed by atoms with E-state index in [1.807, 2.05) is 6.07 Å². The number of nitrogens with one attached hydrogen (secondary N) is 1. The SMILES string of the molecule is COCCNc1ccnc(N2CCC(N)C2)n1. The van der Waals surface area contributed by atoms with Crippen LogP contribution < -0.4 is 16.0 Å². The predicted octanol–water partition coefficient (Wildman–Crippen LogP) is 0.0723. The summed E-state index contributed by atoms with van der Waals surface area (Å²) in [7, 11) is 1.68. The first-order valence-electron chi connectivity index (χ1n) is 5.86. The summed E-state index contributed by atoms with van der Waals surface area (Å²) in [6.45, 7) is 3.17. The van der Waals surface area contributed by atoms with E-state index in [1.165, 1.54) is 0 Å². The van der Waals surface area contributed by atoms with E-state index in [1.54, 1.807) is 13.3 Å². The molecule has 1 saturated heterocycles. The van der Waals surface area contributed by atoms with E-state index in [0.717, 1.165) is 37.8 Å². The zero-order valence-corrected chi connectivity index (χ0v) is 10.1. The molecule has 1 aromatic heterocycles. The highest BCUT2D eigenvalue weighted by atomic mass is 16.5. The lowest BCUT2D eigenvalue weighted by molar-refractivity contribution is 0.210. The van der Waals surface area contributed by atoms with Crippen molar-refractivity contribution in [1.29, 1.82) is 0 Å². The molecule has 3 N–H and O–H groups in total. The summed E-state index contributed by atoms with van der Waals surface area (Å²) in [5, 5.41) is 3.19. The number of methoxy groups -OCH3 is 1. The maximum atomic E-state index is 5.87. The molecule has 0 radical (unpaired) electrons. The van der Waals surface area contributed by atoms with Crippen molar-refractivity contribution in [2.75, 3.05) is 43.6 Å². The third-order valence-corrected chi connectivity index (χ3v) is 2.76. The molecular weight excluding hydrogens is 218 g/mol. The summed E-state index contributed by atoms with van der Waals surface area (Å²) >= 11 is 0. The summed E-state index contributed by atoms with van der Waals surface area (Å²) in [6, 6.07) is 2.10. The molecule has 0 aliphatic carbocycles. The first kappa shape index (κ1) is 12.1. The van der Waals surface area contributed by atoms with Gasteiger partial charge in [-0.15, -0.1) is 0 Å². The third-order valence-electron chi connectivity index (χ3n) is 2.76. The van der Waals surface area contributed by atoms with Crippen LogP contribution in [-0.2, 0) is 4.74 Å². The minimum atomic E-state index is 0.240.